The monoisotopic (exact) mass is 335 g/mol. The van der Waals surface area contributed by atoms with Gasteiger partial charge in [0, 0.05) is 18.2 Å². The van der Waals surface area contributed by atoms with Crippen molar-refractivity contribution in [2.45, 2.75) is 38.3 Å². The molecule has 0 bridgehead atoms. The Labute approximate surface area is 142 Å². The summed E-state index contributed by atoms with van der Waals surface area (Å²) in [7, 11) is 3.16. The molecular formula is C17H25N3O4. The molecule has 1 fully saturated rings. The Morgan fingerprint density at radius 3 is 2.79 bits per heavy atom. The number of rotatable bonds is 5. The molecule has 7 heteroatoms. The second-order valence-electron chi connectivity index (χ2n) is 5.79. The lowest BCUT2D eigenvalue weighted by atomic mass is 10.1. The van der Waals surface area contributed by atoms with E-state index in [2.05, 4.69) is 16.0 Å². The van der Waals surface area contributed by atoms with E-state index in [-0.39, 0.29) is 18.0 Å². The van der Waals surface area contributed by atoms with Crippen molar-refractivity contribution in [3.8, 4) is 11.5 Å². The zero-order valence-corrected chi connectivity index (χ0v) is 14.3. The Balaban J connectivity index is 1.99. The summed E-state index contributed by atoms with van der Waals surface area (Å²) < 4.78 is 10.5. The van der Waals surface area contributed by atoms with Crippen LogP contribution >= 0.6 is 0 Å². The normalized spacial score (nSPS) is 18.8. The van der Waals surface area contributed by atoms with Crippen molar-refractivity contribution in [1.82, 2.24) is 16.0 Å². The van der Waals surface area contributed by atoms with Gasteiger partial charge in [0.25, 0.3) is 0 Å². The Morgan fingerprint density at radius 1 is 1.29 bits per heavy atom. The maximum Gasteiger partial charge on any atom is 0.315 e. The van der Waals surface area contributed by atoms with Gasteiger partial charge in [-0.1, -0.05) is 0 Å². The molecule has 1 heterocycles. The van der Waals surface area contributed by atoms with Crippen LogP contribution in [0.2, 0.25) is 0 Å². The number of carbonyl (C=O) groups is 2. The fraction of sp³-hybridized carbons (Fsp3) is 0.529. The highest BCUT2D eigenvalue weighted by Gasteiger charge is 2.23. The molecule has 0 aliphatic carbocycles. The fourth-order valence-electron chi connectivity index (χ4n) is 2.73. The first-order valence-corrected chi connectivity index (χ1v) is 8.11. The molecular weight excluding hydrogens is 310 g/mol. The maximum absolute atomic E-state index is 12.2. The van der Waals surface area contributed by atoms with E-state index in [1.165, 1.54) is 0 Å². The summed E-state index contributed by atoms with van der Waals surface area (Å²) in [4.78, 5) is 24.1. The van der Waals surface area contributed by atoms with Crippen LogP contribution in [0, 0.1) is 0 Å². The third-order valence-corrected chi connectivity index (χ3v) is 4.10. The molecule has 1 aliphatic rings. The summed E-state index contributed by atoms with van der Waals surface area (Å²) in [6.07, 6.45) is 2.50. The molecule has 1 aromatic rings. The summed E-state index contributed by atoms with van der Waals surface area (Å²) in [5.41, 5.74) is 0.832. The highest BCUT2D eigenvalue weighted by molar-refractivity contribution is 5.87. The second-order valence-corrected chi connectivity index (χ2v) is 5.79. The van der Waals surface area contributed by atoms with Crippen molar-refractivity contribution in [1.29, 1.82) is 0 Å². The zero-order chi connectivity index (χ0) is 17.5. The molecule has 24 heavy (non-hydrogen) atoms. The van der Waals surface area contributed by atoms with E-state index in [1.54, 1.807) is 20.3 Å². The van der Waals surface area contributed by atoms with Crippen molar-refractivity contribution in [3.63, 3.8) is 0 Å². The highest BCUT2D eigenvalue weighted by Crippen LogP contribution is 2.29. The number of carbonyl (C=O) groups excluding carboxylic acids is 2. The molecule has 132 valence electrons. The number of nitrogens with one attached hydrogen (secondary N) is 3. The van der Waals surface area contributed by atoms with Crippen molar-refractivity contribution < 1.29 is 19.1 Å². The van der Waals surface area contributed by atoms with Crippen molar-refractivity contribution in [3.05, 3.63) is 23.8 Å². The summed E-state index contributed by atoms with van der Waals surface area (Å²) in [5, 5.41) is 8.39. The van der Waals surface area contributed by atoms with Gasteiger partial charge in [-0.15, -0.1) is 0 Å². The van der Waals surface area contributed by atoms with Crippen LogP contribution in [0.3, 0.4) is 0 Å². The number of amides is 3. The number of urea groups is 1. The van der Waals surface area contributed by atoms with Crippen LogP contribution in [0.4, 0.5) is 4.79 Å². The topological polar surface area (TPSA) is 88.7 Å². The summed E-state index contributed by atoms with van der Waals surface area (Å²) in [6.45, 7) is 2.52. The molecule has 2 atom stereocenters. The minimum absolute atomic E-state index is 0.127. The first-order chi connectivity index (χ1) is 11.5. The maximum atomic E-state index is 12.2. The largest absolute Gasteiger partial charge is 0.497 e. The summed E-state index contributed by atoms with van der Waals surface area (Å²) >= 11 is 0. The van der Waals surface area contributed by atoms with E-state index in [0.717, 1.165) is 18.4 Å². The first-order valence-electron chi connectivity index (χ1n) is 8.11. The quantitative estimate of drug-likeness (QED) is 0.765. The van der Waals surface area contributed by atoms with Gasteiger partial charge in [0.1, 0.15) is 17.5 Å². The van der Waals surface area contributed by atoms with Crippen molar-refractivity contribution >= 4 is 11.9 Å². The molecule has 3 amide bonds. The van der Waals surface area contributed by atoms with Gasteiger partial charge in [0.05, 0.1) is 20.3 Å². The van der Waals surface area contributed by atoms with Crippen LogP contribution < -0.4 is 25.4 Å². The Bertz CT molecular complexity index is 591. The number of hydrogen-bond donors (Lipinski definition) is 3. The second kappa shape index (κ2) is 8.42. The highest BCUT2D eigenvalue weighted by atomic mass is 16.5. The van der Waals surface area contributed by atoms with Gasteiger partial charge >= 0.3 is 6.03 Å². The number of hydrogen-bond acceptors (Lipinski definition) is 4. The third-order valence-electron chi connectivity index (χ3n) is 4.10. The first kappa shape index (κ1) is 17.9. The molecule has 0 spiro atoms. The van der Waals surface area contributed by atoms with Crippen molar-refractivity contribution in [2.24, 2.45) is 0 Å². The van der Waals surface area contributed by atoms with Crippen LogP contribution in [0.15, 0.2) is 18.2 Å². The number of benzene rings is 1. The average molecular weight is 335 g/mol. The third kappa shape index (κ3) is 4.53. The molecule has 1 aliphatic heterocycles. The Kier molecular flexibility index (Phi) is 6.28. The lowest BCUT2D eigenvalue weighted by Crippen LogP contribution is -2.49. The predicted molar refractivity (Wildman–Crippen MR) is 90.3 cm³/mol. The molecule has 0 aromatic heterocycles. The fourth-order valence-corrected chi connectivity index (χ4v) is 2.73. The molecule has 3 N–H and O–H groups in total. The molecule has 0 unspecified atom stereocenters. The van der Waals surface area contributed by atoms with Crippen LogP contribution in [0.25, 0.3) is 0 Å². The van der Waals surface area contributed by atoms with E-state index in [1.807, 2.05) is 19.1 Å². The minimum atomic E-state index is -0.488. The molecule has 7 nitrogen and oxygen atoms in total. The lowest BCUT2D eigenvalue weighted by molar-refractivity contribution is -0.122. The van der Waals surface area contributed by atoms with Crippen molar-refractivity contribution in [2.75, 3.05) is 20.8 Å². The molecule has 1 saturated heterocycles. The standard InChI is InChI=1S/C17H25N3O4/c1-11(13-8-7-12(23-2)10-15(13)24-3)19-17(22)20-14-6-4-5-9-18-16(14)21/h7-8,10-11,14H,4-6,9H2,1-3H3,(H,18,21)(H2,19,20,22)/t11-,14-/m1/s1. The summed E-state index contributed by atoms with van der Waals surface area (Å²) in [6, 6.07) is 4.29. The zero-order valence-electron chi connectivity index (χ0n) is 14.3. The van der Waals surface area contributed by atoms with E-state index < -0.39 is 6.04 Å². The molecule has 0 saturated carbocycles. The van der Waals surface area contributed by atoms with Gasteiger partial charge in [-0.2, -0.15) is 0 Å². The predicted octanol–water partition coefficient (Wildman–Crippen LogP) is 1.73. The van der Waals surface area contributed by atoms with Crippen LogP contribution in [0.5, 0.6) is 11.5 Å². The average Bonchev–Trinajstić information content (AvgIpc) is 2.78. The molecule has 0 radical (unpaired) electrons. The Morgan fingerprint density at radius 2 is 2.08 bits per heavy atom. The Hall–Kier alpha value is -2.44. The number of methoxy groups -OCH3 is 2. The smallest absolute Gasteiger partial charge is 0.315 e. The van der Waals surface area contributed by atoms with Crippen LogP contribution in [-0.4, -0.2) is 38.7 Å². The van der Waals surface area contributed by atoms with Gasteiger partial charge in [0.2, 0.25) is 5.91 Å². The van der Waals surface area contributed by atoms with Gasteiger partial charge in [-0.3, -0.25) is 4.79 Å². The van der Waals surface area contributed by atoms with E-state index in [9.17, 15) is 9.59 Å². The van der Waals surface area contributed by atoms with E-state index in [0.29, 0.717) is 24.5 Å². The van der Waals surface area contributed by atoms with Crippen LogP contribution in [-0.2, 0) is 4.79 Å². The molecule has 2 rings (SSSR count). The minimum Gasteiger partial charge on any atom is -0.497 e. The molecule has 1 aromatic carbocycles. The number of ether oxygens (including phenoxy) is 2. The van der Waals surface area contributed by atoms with E-state index in [4.69, 9.17) is 9.47 Å². The van der Waals surface area contributed by atoms with Gasteiger partial charge in [-0.05, 0) is 38.3 Å². The van der Waals surface area contributed by atoms with Gasteiger partial charge < -0.3 is 25.4 Å². The van der Waals surface area contributed by atoms with E-state index >= 15 is 0 Å². The van der Waals surface area contributed by atoms with Crippen LogP contribution in [0.1, 0.15) is 37.8 Å². The van der Waals surface area contributed by atoms with Gasteiger partial charge in [-0.25, -0.2) is 4.79 Å². The SMILES string of the molecule is COc1ccc([C@@H](C)NC(=O)N[C@@H]2CCCCNC2=O)c(OC)c1. The summed E-state index contributed by atoms with van der Waals surface area (Å²) in [5.74, 6) is 1.19. The lowest BCUT2D eigenvalue weighted by Gasteiger charge is -2.21. The van der Waals surface area contributed by atoms with Gasteiger partial charge in [0.15, 0.2) is 0 Å².